The van der Waals surface area contributed by atoms with Gasteiger partial charge in [-0.2, -0.15) is 0 Å². The van der Waals surface area contributed by atoms with E-state index in [1.54, 1.807) is 13.2 Å². The van der Waals surface area contributed by atoms with Crippen LogP contribution in [0.5, 0.6) is 28.7 Å². The number of carbonyl (C=O) groups excluding carboxylic acids is 1. The molecule has 9 atom stereocenters. The zero-order valence-corrected chi connectivity index (χ0v) is 33.1. The molecule has 0 aromatic heterocycles. The number of aliphatic carboxylic acids is 1. The van der Waals surface area contributed by atoms with Gasteiger partial charge >= 0.3 is 11.9 Å². The molecule has 0 saturated carbocycles. The molecule has 1 fully saturated rings. The van der Waals surface area contributed by atoms with Crippen molar-refractivity contribution in [1.29, 1.82) is 0 Å². The molecule has 9 unspecified atom stereocenters. The van der Waals surface area contributed by atoms with Crippen molar-refractivity contribution in [1.82, 2.24) is 0 Å². The van der Waals surface area contributed by atoms with Crippen LogP contribution in [0.15, 0.2) is 71.7 Å². The number of carboxylic acid groups (broad SMARTS) is 1. The highest BCUT2D eigenvalue weighted by Crippen LogP contribution is 2.61. The number of nitrogens with two attached hydrogens (primary N) is 2. The van der Waals surface area contributed by atoms with Gasteiger partial charge in [-0.1, -0.05) is 48.5 Å². The molecular formula is C45H45N3O13. The topological polar surface area (TPSA) is 244 Å². The zero-order valence-electron chi connectivity index (χ0n) is 33.1. The summed E-state index contributed by atoms with van der Waals surface area (Å²) >= 11 is 0. The summed E-state index contributed by atoms with van der Waals surface area (Å²) in [5.41, 5.74) is 15.9. The summed E-state index contributed by atoms with van der Waals surface area (Å²) in [4.78, 5) is 28.6. The van der Waals surface area contributed by atoms with Crippen molar-refractivity contribution in [3.63, 3.8) is 0 Å². The minimum atomic E-state index is -2.21. The lowest BCUT2D eigenvalue weighted by molar-refractivity contribution is -0.329. The van der Waals surface area contributed by atoms with Crippen LogP contribution in [-0.2, 0) is 38.3 Å². The highest BCUT2D eigenvalue weighted by Gasteiger charge is 2.60. The number of esters is 1. The second kappa shape index (κ2) is 15.0. The van der Waals surface area contributed by atoms with E-state index in [9.17, 15) is 24.9 Å². The molecular weight excluding hydrogens is 791 g/mol. The van der Waals surface area contributed by atoms with E-state index < -0.39 is 73.0 Å². The van der Waals surface area contributed by atoms with Crippen LogP contribution in [0, 0.1) is 0 Å². The number of ether oxygens (including phenoxy) is 7. The molecule has 4 aromatic rings. The van der Waals surface area contributed by atoms with E-state index in [1.165, 1.54) is 0 Å². The van der Waals surface area contributed by atoms with Crippen LogP contribution >= 0.6 is 0 Å². The maximum absolute atomic E-state index is 12.5. The van der Waals surface area contributed by atoms with Crippen LogP contribution in [0.25, 0.3) is 5.57 Å². The Labute approximate surface area is 348 Å². The summed E-state index contributed by atoms with van der Waals surface area (Å²) in [5.74, 6) is -0.626. The Kier molecular flexibility index (Phi) is 9.69. The van der Waals surface area contributed by atoms with Crippen molar-refractivity contribution in [3.8, 4) is 28.7 Å². The van der Waals surface area contributed by atoms with Gasteiger partial charge in [-0.25, -0.2) is 0 Å². The first-order chi connectivity index (χ1) is 29.4. The van der Waals surface area contributed by atoms with Crippen molar-refractivity contribution in [2.24, 2.45) is 16.5 Å². The van der Waals surface area contributed by atoms with E-state index in [0.717, 1.165) is 44.0 Å². The standard InChI is InChI=1S/C45H45N3O13/c1-55-38-27-11-10-24-34-29(16-21-8-6-20(7-9-21)13-15-56-27)57-30-17-28-23(33(35(30)39(34)60-37(24)38)25-19-48-26-5-3-2-4-22(25)26)12-14-45(54)42(53)36(52)40(61-44(45)58-28)41(43(46)47)59-32(51)18-31(49)50/h2-11,17,29,34,36,39-44,52-54H,12-16,18-19,46-47H2,1H3,(H,49,50). The molecule has 61 heavy (non-hydrogen) atoms. The molecule has 0 spiro atoms. The number of benzene rings is 4. The van der Waals surface area contributed by atoms with Crippen LogP contribution in [0.2, 0.25) is 0 Å². The Balaban J connectivity index is 1.14. The van der Waals surface area contributed by atoms with Crippen molar-refractivity contribution in [3.05, 3.63) is 111 Å². The molecule has 318 valence electrons. The summed E-state index contributed by atoms with van der Waals surface area (Å²) in [6.07, 6.45) is -11.1. The molecule has 0 amide bonds. The first-order valence-electron chi connectivity index (χ1n) is 20.3. The predicted molar refractivity (Wildman–Crippen MR) is 213 cm³/mol. The number of para-hydroxylation sites is 1. The molecule has 8 N–H and O–H groups in total. The van der Waals surface area contributed by atoms with Gasteiger partial charge in [0, 0.05) is 40.8 Å². The largest absolute Gasteiger partial charge is 0.490 e. The summed E-state index contributed by atoms with van der Waals surface area (Å²) in [5, 5.41) is 46.3. The van der Waals surface area contributed by atoms with Gasteiger partial charge in [0.1, 0.15) is 48.4 Å². The second-order valence-corrected chi connectivity index (χ2v) is 16.4. The third-order valence-corrected chi connectivity index (χ3v) is 12.8. The van der Waals surface area contributed by atoms with Gasteiger partial charge in [-0.3, -0.25) is 14.6 Å². The van der Waals surface area contributed by atoms with E-state index in [1.807, 2.05) is 36.4 Å². The third kappa shape index (κ3) is 6.47. The van der Waals surface area contributed by atoms with Crippen LogP contribution in [0.3, 0.4) is 0 Å². The molecule has 1 saturated heterocycles. The highest BCUT2D eigenvalue weighted by atomic mass is 16.7. The molecule has 9 heterocycles. The number of aliphatic hydroxyl groups excluding tert-OH is 2. The number of rotatable bonds is 7. The van der Waals surface area contributed by atoms with Crippen molar-refractivity contribution in [2.75, 3.05) is 20.3 Å². The van der Waals surface area contributed by atoms with Gasteiger partial charge in [0.25, 0.3) is 0 Å². The number of hydrogen-bond acceptors (Lipinski definition) is 15. The Morgan fingerprint density at radius 2 is 1.75 bits per heavy atom. The summed E-state index contributed by atoms with van der Waals surface area (Å²) in [6, 6.07) is 21.9. The maximum Gasteiger partial charge on any atom is 0.317 e. The third-order valence-electron chi connectivity index (χ3n) is 12.8. The van der Waals surface area contributed by atoms with E-state index in [4.69, 9.17) is 54.7 Å². The van der Waals surface area contributed by atoms with Crippen LogP contribution in [0.1, 0.15) is 58.2 Å². The molecule has 16 heteroatoms. The number of fused-ring (bicyclic) bond motifs is 5. The number of nitrogens with zero attached hydrogens (tertiary/aromatic N) is 1. The number of methoxy groups -OCH3 is 1. The molecule has 6 bridgehead atoms. The highest BCUT2D eigenvalue weighted by molar-refractivity contribution is 5.90. The fourth-order valence-corrected chi connectivity index (χ4v) is 9.85. The predicted octanol–water partition coefficient (Wildman–Crippen LogP) is 0.816. The van der Waals surface area contributed by atoms with Crippen molar-refractivity contribution < 1.29 is 63.2 Å². The average molecular weight is 836 g/mol. The fourth-order valence-electron chi connectivity index (χ4n) is 9.85. The fraction of sp³-hybridized carbons (Fsp3) is 0.400. The Bertz CT molecular complexity index is 2570. The number of carboxylic acids is 1. The van der Waals surface area contributed by atoms with E-state index >= 15 is 0 Å². The molecule has 0 radical (unpaired) electrons. The minimum Gasteiger partial charge on any atom is -0.490 e. The molecule has 9 aliphatic heterocycles. The molecule has 16 nitrogen and oxygen atoms in total. The first kappa shape index (κ1) is 39.4. The quantitative estimate of drug-likeness (QED) is 0.0858. The number of hydrogen-bond donors (Lipinski definition) is 6. The molecule has 13 rings (SSSR count). The number of carbonyl (C=O) groups is 2. The Hall–Kier alpha value is -5.75. The van der Waals surface area contributed by atoms with Gasteiger partial charge < -0.3 is 65.1 Å². The van der Waals surface area contributed by atoms with Gasteiger partial charge in [0.2, 0.25) is 12.0 Å². The monoisotopic (exact) mass is 835 g/mol. The van der Waals surface area contributed by atoms with E-state index in [-0.39, 0.29) is 24.5 Å². The van der Waals surface area contributed by atoms with Crippen LogP contribution in [-0.4, -0.2) is 101 Å². The first-order valence-corrected chi connectivity index (χ1v) is 20.3. The van der Waals surface area contributed by atoms with Gasteiger partial charge in [-0.15, -0.1) is 0 Å². The lowest BCUT2D eigenvalue weighted by Crippen LogP contribution is -2.71. The van der Waals surface area contributed by atoms with Gasteiger partial charge in [0.15, 0.2) is 23.2 Å². The lowest BCUT2D eigenvalue weighted by atomic mass is 9.76. The summed E-state index contributed by atoms with van der Waals surface area (Å²) < 4.78 is 44.6. The van der Waals surface area contributed by atoms with Gasteiger partial charge in [-0.05, 0) is 47.2 Å². The van der Waals surface area contributed by atoms with Crippen molar-refractivity contribution >= 4 is 17.5 Å². The summed E-state index contributed by atoms with van der Waals surface area (Å²) in [7, 11) is 1.60. The Morgan fingerprint density at radius 3 is 2.52 bits per heavy atom. The Morgan fingerprint density at radius 1 is 0.967 bits per heavy atom. The lowest BCUT2D eigenvalue weighted by Gasteiger charge is -2.48. The second-order valence-electron chi connectivity index (χ2n) is 16.4. The van der Waals surface area contributed by atoms with Gasteiger partial charge in [0.05, 0.1) is 37.7 Å². The van der Waals surface area contributed by atoms with E-state index in [2.05, 4.69) is 24.3 Å². The maximum atomic E-state index is 12.5. The molecule has 0 aliphatic carbocycles. The van der Waals surface area contributed by atoms with Crippen molar-refractivity contribution in [2.45, 2.75) is 92.7 Å². The SMILES string of the molecule is COc1c2ccc3c1OC1c4c(cc5c(c4C4=c6ccccc6=NC4)CCC4(O)C(O5)OC(C(OC(=O)CC(=O)O)C(N)N)C(O)C4O)OC(Cc4ccc(cc4)CCO2)C31. The summed E-state index contributed by atoms with van der Waals surface area (Å²) in [6.45, 7) is 0.752. The van der Waals surface area contributed by atoms with Crippen LogP contribution < -0.4 is 45.7 Å². The minimum absolute atomic E-state index is 0.128. The van der Waals surface area contributed by atoms with E-state index in [0.29, 0.717) is 54.6 Å². The number of aliphatic hydroxyl groups is 3. The smallest absolute Gasteiger partial charge is 0.317 e. The molecule has 9 aliphatic rings. The zero-order chi connectivity index (χ0) is 42.3. The average Bonchev–Trinajstić information content (AvgIpc) is 3.81. The normalized spacial score (nSPS) is 28.2. The molecule has 4 aromatic carbocycles. The van der Waals surface area contributed by atoms with Crippen LogP contribution in [0.4, 0.5) is 0 Å².